The highest BCUT2D eigenvalue weighted by Crippen LogP contribution is 2.30. The Morgan fingerprint density at radius 1 is 1.12 bits per heavy atom. The molecular formula is C19H25Cl2NO3. The summed E-state index contributed by atoms with van der Waals surface area (Å²) >= 11 is 6.16. The molecular weight excluding hydrogens is 361 g/mol. The van der Waals surface area contributed by atoms with Crippen LogP contribution in [0.3, 0.4) is 0 Å². The minimum atomic E-state index is -0.366. The zero-order chi connectivity index (χ0) is 17.4. The van der Waals surface area contributed by atoms with Gasteiger partial charge in [-0.2, -0.15) is 0 Å². The number of halogens is 2. The lowest BCUT2D eigenvalue weighted by Gasteiger charge is -2.14. The fraction of sp³-hybridized carbons (Fsp3) is 0.368. The van der Waals surface area contributed by atoms with Crippen LogP contribution in [0.5, 0.6) is 11.5 Å². The zero-order valence-corrected chi connectivity index (χ0v) is 16.1. The van der Waals surface area contributed by atoms with Gasteiger partial charge in [-0.15, -0.1) is 12.4 Å². The third-order valence-electron chi connectivity index (χ3n) is 3.42. The fourth-order valence-corrected chi connectivity index (χ4v) is 2.44. The quantitative estimate of drug-likeness (QED) is 0.678. The monoisotopic (exact) mass is 385 g/mol. The van der Waals surface area contributed by atoms with Crippen molar-refractivity contribution in [3.8, 4) is 11.5 Å². The smallest absolute Gasteiger partial charge is 0.161 e. The van der Waals surface area contributed by atoms with Crippen LogP contribution < -0.4 is 14.8 Å². The molecule has 0 aliphatic rings. The Hall–Kier alpha value is -1.46. The average molecular weight is 386 g/mol. The van der Waals surface area contributed by atoms with Crippen LogP contribution in [0.25, 0.3) is 0 Å². The van der Waals surface area contributed by atoms with E-state index in [-0.39, 0.29) is 18.5 Å². The Kier molecular flexibility index (Phi) is 9.68. The summed E-state index contributed by atoms with van der Waals surface area (Å²) in [7, 11) is 0. The molecule has 0 fully saturated rings. The summed E-state index contributed by atoms with van der Waals surface area (Å²) in [4.78, 5) is 0. The van der Waals surface area contributed by atoms with E-state index in [1.165, 1.54) is 0 Å². The van der Waals surface area contributed by atoms with E-state index >= 15 is 0 Å². The van der Waals surface area contributed by atoms with Crippen molar-refractivity contribution in [3.05, 3.63) is 58.6 Å². The van der Waals surface area contributed by atoms with Crippen LogP contribution in [0.2, 0.25) is 5.02 Å². The van der Waals surface area contributed by atoms with Crippen molar-refractivity contribution in [2.24, 2.45) is 0 Å². The van der Waals surface area contributed by atoms with E-state index in [0.717, 1.165) is 11.1 Å². The number of ether oxygens (including phenoxy) is 2. The van der Waals surface area contributed by atoms with E-state index in [1.807, 2.05) is 49.4 Å². The van der Waals surface area contributed by atoms with Gasteiger partial charge in [0.05, 0.1) is 12.7 Å². The van der Waals surface area contributed by atoms with Crippen molar-refractivity contribution >= 4 is 24.0 Å². The van der Waals surface area contributed by atoms with Gasteiger partial charge in [0.1, 0.15) is 6.61 Å². The molecule has 25 heavy (non-hydrogen) atoms. The molecule has 0 saturated carbocycles. The predicted octanol–water partition coefficient (Wildman–Crippen LogP) is 4.21. The molecule has 0 saturated heterocycles. The first kappa shape index (κ1) is 21.6. The normalized spacial score (nSPS) is 11.5. The summed E-state index contributed by atoms with van der Waals surface area (Å²) in [6.45, 7) is 5.86. The molecule has 0 bridgehead atoms. The fourth-order valence-electron chi connectivity index (χ4n) is 2.25. The van der Waals surface area contributed by atoms with Gasteiger partial charge in [-0.05, 0) is 37.6 Å². The SMILES string of the molecule is CCOc1cc(CNCC(C)O)ccc1OCc1ccccc1Cl.Cl. The predicted molar refractivity (Wildman–Crippen MR) is 104 cm³/mol. The van der Waals surface area contributed by atoms with Crippen molar-refractivity contribution in [3.63, 3.8) is 0 Å². The number of hydrogen-bond acceptors (Lipinski definition) is 4. The van der Waals surface area contributed by atoms with Crippen LogP contribution >= 0.6 is 24.0 Å². The lowest BCUT2D eigenvalue weighted by Crippen LogP contribution is -2.23. The highest BCUT2D eigenvalue weighted by atomic mass is 35.5. The van der Waals surface area contributed by atoms with Gasteiger partial charge in [-0.1, -0.05) is 35.9 Å². The maximum absolute atomic E-state index is 9.30. The minimum absolute atomic E-state index is 0. The van der Waals surface area contributed by atoms with Crippen molar-refractivity contribution in [2.45, 2.75) is 33.1 Å². The summed E-state index contributed by atoms with van der Waals surface area (Å²) in [6.07, 6.45) is -0.366. The van der Waals surface area contributed by atoms with Gasteiger partial charge in [0.15, 0.2) is 11.5 Å². The molecule has 2 N–H and O–H groups in total. The highest BCUT2D eigenvalue weighted by Gasteiger charge is 2.08. The maximum atomic E-state index is 9.30. The molecule has 0 aromatic heterocycles. The molecule has 0 radical (unpaired) electrons. The molecule has 4 nitrogen and oxygen atoms in total. The van der Waals surface area contributed by atoms with Crippen molar-refractivity contribution in [1.29, 1.82) is 0 Å². The molecule has 2 aromatic rings. The van der Waals surface area contributed by atoms with Crippen LogP contribution in [0.15, 0.2) is 42.5 Å². The van der Waals surface area contributed by atoms with E-state index in [0.29, 0.717) is 42.8 Å². The maximum Gasteiger partial charge on any atom is 0.161 e. The lowest BCUT2D eigenvalue weighted by atomic mass is 10.2. The molecule has 2 aromatic carbocycles. The average Bonchev–Trinajstić information content (AvgIpc) is 2.55. The summed E-state index contributed by atoms with van der Waals surface area (Å²) in [5, 5.41) is 13.2. The molecule has 6 heteroatoms. The number of benzene rings is 2. The van der Waals surface area contributed by atoms with E-state index in [1.54, 1.807) is 6.92 Å². The summed E-state index contributed by atoms with van der Waals surface area (Å²) in [5.41, 5.74) is 2.01. The van der Waals surface area contributed by atoms with Gasteiger partial charge in [0.25, 0.3) is 0 Å². The molecule has 0 spiro atoms. The van der Waals surface area contributed by atoms with Crippen LogP contribution in [0.4, 0.5) is 0 Å². The number of hydrogen-bond donors (Lipinski definition) is 2. The molecule has 1 unspecified atom stereocenters. The number of nitrogens with one attached hydrogen (secondary N) is 1. The Morgan fingerprint density at radius 3 is 2.56 bits per heavy atom. The molecule has 1 atom stereocenters. The topological polar surface area (TPSA) is 50.7 Å². The van der Waals surface area contributed by atoms with Gasteiger partial charge in [0.2, 0.25) is 0 Å². The lowest BCUT2D eigenvalue weighted by molar-refractivity contribution is 0.191. The van der Waals surface area contributed by atoms with Gasteiger partial charge < -0.3 is 19.9 Å². The number of aliphatic hydroxyl groups excluding tert-OH is 1. The largest absolute Gasteiger partial charge is 0.490 e. The second-order valence-electron chi connectivity index (χ2n) is 5.57. The molecule has 0 heterocycles. The van der Waals surface area contributed by atoms with Crippen molar-refractivity contribution in [1.82, 2.24) is 5.32 Å². The third-order valence-corrected chi connectivity index (χ3v) is 3.79. The van der Waals surface area contributed by atoms with Crippen LogP contribution in [-0.2, 0) is 13.2 Å². The van der Waals surface area contributed by atoms with Gasteiger partial charge in [-0.25, -0.2) is 0 Å². The van der Waals surface area contributed by atoms with Gasteiger partial charge >= 0.3 is 0 Å². The van der Waals surface area contributed by atoms with E-state index < -0.39 is 0 Å². The van der Waals surface area contributed by atoms with Crippen LogP contribution in [-0.4, -0.2) is 24.4 Å². The first-order valence-corrected chi connectivity index (χ1v) is 8.48. The van der Waals surface area contributed by atoms with Gasteiger partial charge in [0, 0.05) is 23.7 Å². The van der Waals surface area contributed by atoms with Crippen molar-refractivity contribution in [2.75, 3.05) is 13.2 Å². The molecule has 138 valence electrons. The van der Waals surface area contributed by atoms with Gasteiger partial charge in [-0.3, -0.25) is 0 Å². The van der Waals surface area contributed by atoms with Crippen molar-refractivity contribution < 1.29 is 14.6 Å². The first-order valence-electron chi connectivity index (χ1n) is 8.11. The summed E-state index contributed by atoms with van der Waals surface area (Å²) in [5.74, 6) is 1.40. The Balaban J connectivity index is 0.00000312. The molecule has 2 rings (SSSR count). The summed E-state index contributed by atoms with van der Waals surface area (Å²) in [6, 6.07) is 13.5. The van der Waals surface area contributed by atoms with Crippen LogP contribution in [0, 0.1) is 0 Å². The molecule has 0 aliphatic carbocycles. The number of aliphatic hydroxyl groups is 1. The summed E-state index contributed by atoms with van der Waals surface area (Å²) < 4.78 is 11.6. The van der Waals surface area contributed by atoms with Crippen LogP contribution in [0.1, 0.15) is 25.0 Å². The first-order chi connectivity index (χ1) is 11.6. The minimum Gasteiger partial charge on any atom is -0.490 e. The van der Waals surface area contributed by atoms with E-state index in [9.17, 15) is 5.11 Å². The second-order valence-corrected chi connectivity index (χ2v) is 5.98. The zero-order valence-electron chi connectivity index (χ0n) is 14.5. The number of rotatable bonds is 9. The van der Waals surface area contributed by atoms with E-state index in [4.69, 9.17) is 21.1 Å². The standard InChI is InChI=1S/C19H24ClNO3.ClH/c1-3-23-19-10-15(12-21-11-14(2)22)8-9-18(19)24-13-16-6-4-5-7-17(16)20;/h4-10,14,21-22H,3,11-13H2,1-2H3;1H. The molecule has 0 aliphatic heterocycles. The Bertz CT molecular complexity index is 650. The third kappa shape index (κ3) is 7.12. The second kappa shape index (κ2) is 11.2. The highest BCUT2D eigenvalue weighted by molar-refractivity contribution is 6.31. The Morgan fingerprint density at radius 2 is 1.88 bits per heavy atom. The van der Waals surface area contributed by atoms with E-state index in [2.05, 4.69) is 5.32 Å². The Labute approximate surface area is 160 Å². The molecule has 0 amide bonds.